The first kappa shape index (κ1) is 51.6. The Hall–Kier alpha value is -4.72. The van der Waals surface area contributed by atoms with Gasteiger partial charge in [0.15, 0.2) is 4.98 Å². The average Bonchev–Trinajstić information content (AvgIpc) is 3.08. The molecule has 0 fully saturated rings. The first-order valence-corrected chi connectivity index (χ1v) is 14.8. The summed E-state index contributed by atoms with van der Waals surface area (Å²) in [7, 11) is 0. The summed E-state index contributed by atoms with van der Waals surface area (Å²) in [6.45, 7) is 8.15. The number of azo groups is 1. The molecule has 0 aliphatic carbocycles. The van der Waals surface area contributed by atoms with Gasteiger partial charge in [0, 0.05) is 17.8 Å². The Morgan fingerprint density at radius 1 is 0.615 bits per heavy atom. The zero-order chi connectivity index (χ0) is 36.8. The van der Waals surface area contributed by atoms with Crippen molar-refractivity contribution in [3.05, 3.63) is 141 Å². The van der Waals surface area contributed by atoms with E-state index in [1.807, 2.05) is 38.1 Å². The van der Waals surface area contributed by atoms with Crippen molar-refractivity contribution in [1.29, 1.82) is 5.39 Å². The Morgan fingerprint density at radius 3 is 1.40 bits per heavy atom. The van der Waals surface area contributed by atoms with Crippen molar-refractivity contribution in [3.63, 3.8) is 0 Å². The smallest absolute Gasteiger partial charge is 0.870 e. The maximum Gasteiger partial charge on any atom is 1.00 e. The van der Waals surface area contributed by atoms with Crippen LogP contribution >= 0.6 is 0 Å². The molecule has 0 unspecified atom stereocenters. The maximum absolute atomic E-state index is 9.72. The number of nitrogen functional groups attached to an aromatic ring is 1. The molecule has 8 N–H and O–H groups in total. The number of nitrogens with zero attached hydrogens (tertiary/aromatic N) is 5. The van der Waals surface area contributed by atoms with E-state index in [-0.39, 0.29) is 93.5 Å². The van der Waals surface area contributed by atoms with E-state index >= 15 is 0 Å². The van der Waals surface area contributed by atoms with Crippen LogP contribution in [-0.2, 0) is 0 Å². The van der Waals surface area contributed by atoms with Crippen molar-refractivity contribution in [1.82, 2.24) is 0 Å². The zero-order valence-electron chi connectivity index (χ0n) is 29.9. The first-order chi connectivity index (χ1) is 23.3. The molecular formula is C36H41N6Na2O8+. The van der Waals surface area contributed by atoms with Crippen LogP contribution in [-0.4, -0.2) is 31.0 Å². The molecule has 0 amide bonds. The molecule has 0 radical (unpaired) electrons. The minimum Gasteiger partial charge on any atom is -0.870 e. The number of diazo groups is 1. The fourth-order valence-corrected chi connectivity index (χ4v) is 3.67. The molecule has 5 rings (SSSR count). The predicted molar refractivity (Wildman–Crippen MR) is 193 cm³/mol. The average molecular weight is 732 g/mol. The second-order valence-electron chi connectivity index (χ2n) is 10.6. The number of anilines is 1. The van der Waals surface area contributed by atoms with Crippen molar-refractivity contribution in [2.24, 2.45) is 15.6 Å². The van der Waals surface area contributed by atoms with E-state index in [9.17, 15) is 10.2 Å². The number of nitrogens with two attached hydrogens (primary N) is 1. The number of hydrogen-bond donors (Lipinski definition) is 6. The number of aromatic hydroxyl groups is 5. The Kier molecular flexibility index (Phi) is 28.7. The number of hydrogen-bond acceptors (Lipinski definition) is 13. The topological polar surface area (TPSA) is 263 Å². The summed E-state index contributed by atoms with van der Waals surface area (Å²) >= 11 is 0. The summed E-state index contributed by atoms with van der Waals surface area (Å²) in [6.07, 6.45) is 0. The normalized spacial score (nSPS) is 9.17. The number of phenols is 5. The van der Waals surface area contributed by atoms with Crippen LogP contribution in [0.15, 0.2) is 131 Å². The fraction of sp³-hybridized carbons (Fsp3) is 0.167. The van der Waals surface area contributed by atoms with Crippen LogP contribution in [0.5, 0.6) is 28.7 Å². The second-order valence-corrected chi connectivity index (χ2v) is 10.6. The van der Waals surface area contributed by atoms with Gasteiger partial charge in [0.2, 0.25) is 5.39 Å². The molecule has 5 aromatic carbocycles. The van der Waals surface area contributed by atoms with Crippen molar-refractivity contribution < 1.29 is 90.1 Å². The molecule has 0 saturated heterocycles. The second kappa shape index (κ2) is 28.9. The quantitative estimate of drug-likeness (QED) is 0.0293. The van der Waals surface area contributed by atoms with Crippen LogP contribution in [0.25, 0.3) is 4.98 Å². The van der Waals surface area contributed by atoms with Gasteiger partial charge < -0.3 is 46.9 Å². The van der Waals surface area contributed by atoms with Crippen LogP contribution in [0.2, 0.25) is 0 Å². The number of para-hydroxylation sites is 1. The third-order valence-corrected chi connectivity index (χ3v) is 6.18. The molecule has 0 aliphatic rings. The van der Waals surface area contributed by atoms with Crippen molar-refractivity contribution in [2.45, 2.75) is 39.5 Å². The van der Waals surface area contributed by atoms with Gasteiger partial charge in [-0.2, -0.15) is 10.2 Å². The molecule has 264 valence electrons. The minimum atomic E-state index is 0. The van der Waals surface area contributed by atoms with Gasteiger partial charge in [-0.15, -0.1) is 5.34 Å². The Balaban J connectivity index is -0.000000625. The third-order valence-electron chi connectivity index (χ3n) is 6.18. The number of benzene rings is 5. The van der Waals surface area contributed by atoms with E-state index in [0.29, 0.717) is 34.4 Å². The van der Waals surface area contributed by atoms with Gasteiger partial charge in [0.1, 0.15) is 28.7 Å². The van der Waals surface area contributed by atoms with Crippen LogP contribution in [0.4, 0.5) is 22.7 Å². The predicted octanol–water partition coefficient (Wildman–Crippen LogP) is 4.09. The molecule has 0 atom stereocenters. The van der Waals surface area contributed by atoms with Gasteiger partial charge >= 0.3 is 64.8 Å². The number of rotatable bonds is 4. The SMILES string of the molecule is CC(C)c1cc(N=Nc2ccc(O)cc2)ccc1O.CC(C)c1ccccc1O.N#[N+]c1ccc(O)cc1.Nc1ccc(O)cc1.O=N[O-].[Na+].[Na+].[OH-]. The zero-order valence-corrected chi connectivity index (χ0v) is 33.9. The van der Waals surface area contributed by atoms with Gasteiger partial charge in [0.25, 0.3) is 0 Å². The van der Waals surface area contributed by atoms with Crippen molar-refractivity contribution in [2.75, 3.05) is 5.73 Å². The van der Waals surface area contributed by atoms with E-state index in [0.717, 1.165) is 16.5 Å². The van der Waals surface area contributed by atoms with Gasteiger partial charge in [-0.1, -0.05) is 45.9 Å². The molecule has 0 aromatic heterocycles. The molecule has 14 nitrogen and oxygen atoms in total. The van der Waals surface area contributed by atoms with E-state index < -0.39 is 0 Å². The molecule has 0 heterocycles. The van der Waals surface area contributed by atoms with Gasteiger partial charge in [-0.25, -0.2) is 0 Å². The van der Waals surface area contributed by atoms with Crippen LogP contribution in [0, 0.1) is 15.5 Å². The van der Waals surface area contributed by atoms with Gasteiger partial charge in [-0.3, -0.25) is 0 Å². The molecule has 5 aromatic rings. The molecule has 52 heavy (non-hydrogen) atoms. The van der Waals surface area contributed by atoms with E-state index in [1.165, 1.54) is 24.3 Å². The molecule has 0 bridgehead atoms. The summed E-state index contributed by atoms with van der Waals surface area (Å²) in [5.74, 6) is 1.92. The van der Waals surface area contributed by atoms with Gasteiger partial charge in [-0.05, 0) is 108 Å². The van der Waals surface area contributed by atoms with E-state index in [1.54, 1.807) is 66.7 Å². The summed E-state index contributed by atoms with van der Waals surface area (Å²) < 4.78 is 0. The Morgan fingerprint density at radius 2 is 1.00 bits per heavy atom. The van der Waals surface area contributed by atoms with Gasteiger partial charge in [0.05, 0.1) is 11.4 Å². The third kappa shape index (κ3) is 21.5. The van der Waals surface area contributed by atoms with E-state index in [2.05, 4.69) is 29.1 Å². The molecule has 0 spiro atoms. The van der Waals surface area contributed by atoms with E-state index in [4.69, 9.17) is 36.6 Å². The largest absolute Gasteiger partial charge is 1.00 e. The number of phenolic OH excluding ortho intramolecular Hbond substituents is 5. The van der Waals surface area contributed by atoms with Crippen LogP contribution < -0.4 is 64.8 Å². The summed E-state index contributed by atoms with van der Waals surface area (Å²) in [4.78, 5) is 10.9. The molecule has 16 heteroatoms. The molecule has 0 saturated carbocycles. The summed E-state index contributed by atoms with van der Waals surface area (Å²) in [5, 5.41) is 71.0. The maximum atomic E-state index is 9.72. The minimum absolute atomic E-state index is 0. The monoisotopic (exact) mass is 731 g/mol. The van der Waals surface area contributed by atoms with Crippen molar-refractivity contribution >= 4 is 22.7 Å². The molecule has 0 aliphatic heterocycles. The fourth-order valence-electron chi connectivity index (χ4n) is 3.67. The van der Waals surface area contributed by atoms with Crippen LogP contribution in [0.3, 0.4) is 0 Å². The summed E-state index contributed by atoms with van der Waals surface area (Å²) in [6, 6.07) is 31.4. The summed E-state index contributed by atoms with van der Waals surface area (Å²) in [5.41, 5.74) is 9.64. The Labute approximate surface area is 346 Å². The standard InChI is InChI=1S/C15H16N2O2.C9H12O.C6H4N2O.C6H7NO.HNO2.2Na.H2O/c1-10(2)14-9-12(5-8-15(14)19)17-16-11-3-6-13(18)7-4-11;1-7(2)8-5-3-4-6-9(8)10;7-8-5-1-3-6(9)4-2-5;7-5-1-3-6(8)4-2-5;2-1-3;;;/h3-10,18-19H,1-2H3;3-7,10H,1-2H3;1-4H;1-4,8H,7H2;(H,2,3);;;1H2/q;;;;;2*+1;/p-1. The first-order valence-electron chi connectivity index (χ1n) is 14.8. The molecular weight excluding hydrogens is 690 g/mol. The van der Waals surface area contributed by atoms with Crippen molar-refractivity contribution in [3.8, 4) is 28.7 Å². The van der Waals surface area contributed by atoms with Crippen LogP contribution in [0.1, 0.15) is 50.7 Å². The Bertz CT molecular complexity index is 1750.